The number of aromatic amines is 2. The van der Waals surface area contributed by atoms with Crippen LogP contribution in [-0.4, -0.2) is 32.3 Å². The smallest absolute Gasteiger partial charge is 0.354 e. The van der Waals surface area contributed by atoms with Gasteiger partial charge in [0.15, 0.2) is 12.0 Å². The molecule has 7 nitrogen and oxygen atoms in total. The minimum absolute atomic E-state index is 0.0461. The normalized spacial score (nSPS) is 11.3. The molecule has 0 saturated heterocycles. The minimum Gasteiger partial charge on any atom is -0.477 e. The molecule has 4 heterocycles. The van der Waals surface area contributed by atoms with E-state index in [1.54, 1.807) is 18.2 Å². The highest BCUT2D eigenvalue weighted by Gasteiger charge is 2.18. The average molecular weight is 385 g/mol. The van der Waals surface area contributed by atoms with E-state index < -0.39 is 5.97 Å². The van der Waals surface area contributed by atoms with Crippen molar-refractivity contribution in [3.05, 3.63) is 77.4 Å². The Balaban J connectivity index is 1.63. The van der Waals surface area contributed by atoms with E-state index in [1.165, 1.54) is 0 Å². The molecule has 0 unspecified atom stereocenters. The van der Waals surface area contributed by atoms with Gasteiger partial charge >= 0.3 is 5.97 Å². The van der Waals surface area contributed by atoms with Crippen LogP contribution in [0.3, 0.4) is 0 Å². The SMILES string of the molecule is O=Cc1ccc(Cc2ccc(-c3nc(C(=O)O)cc4c3[nH]c3ccccc34)o2)[nH]1. The summed E-state index contributed by atoms with van der Waals surface area (Å²) in [6.07, 6.45) is 1.23. The number of aldehydes is 1. The number of aromatic nitrogens is 3. The van der Waals surface area contributed by atoms with Crippen LogP contribution in [-0.2, 0) is 6.42 Å². The molecule has 0 aliphatic carbocycles. The summed E-state index contributed by atoms with van der Waals surface area (Å²) >= 11 is 0. The Morgan fingerprint density at radius 2 is 1.93 bits per heavy atom. The first-order valence-electron chi connectivity index (χ1n) is 8.99. The number of carbonyl (C=O) groups is 2. The fraction of sp³-hybridized carbons (Fsp3) is 0.0455. The topological polar surface area (TPSA) is 112 Å². The van der Waals surface area contributed by atoms with E-state index >= 15 is 0 Å². The Kier molecular flexibility index (Phi) is 3.80. The molecular formula is C22H15N3O4. The quantitative estimate of drug-likeness (QED) is 0.388. The van der Waals surface area contributed by atoms with Gasteiger partial charge in [0.1, 0.15) is 17.1 Å². The Morgan fingerprint density at radius 1 is 1.07 bits per heavy atom. The molecule has 0 spiro atoms. The van der Waals surface area contributed by atoms with E-state index in [9.17, 15) is 14.7 Å². The molecule has 0 bridgehead atoms. The number of carboxylic acids is 1. The molecule has 3 N–H and O–H groups in total. The number of aromatic carboxylic acids is 1. The van der Waals surface area contributed by atoms with E-state index in [2.05, 4.69) is 15.0 Å². The van der Waals surface area contributed by atoms with Crippen LogP contribution in [0.2, 0.25) is 0 Å². The van der Waals surface area contributed by atoms with Gasteiger partial charge < -0.3 is 19.5 Å². The summed E-state index contributed by atoms with van der Waals surface area (Å²) in [5.41, 5.74) is 3.36. The van der Waals surface area contributed by atoms with Gasteiger partial charge in [-0.1, -0.05) is 18.2 Å². The van der Waals surface area contributed by atoms with Crippen molar-refractivity contribution in [3.63, 3.8) is 0 Å². The highest BCUT2D eigenvalue weighted by atomic mass is 16.4. The average Bonchev–Trinajstić information content (AvgIpc) is 3.45. The number of pyridine rings is 1. The molecule has 142 valence electrons. The van der Waals surface area contributed by atoms with Crippen LogP contribution < -0.4 is 0 Å². The number of rotatable bonds is 5. The number of para-hydroxylation sites is 1. The first-order valence-corrected chi connectivity index (χ1v) is 8.99. The zero-order valence-electron chi connectivity index (χ0n) is 15.1. The molecule has 5 aromatic rings. The third-order valence-corrected chi connectivity index (χ3v) is 4.87. The lowest BCUT2D eigenvalue weighted by atomic mass is 10.1. The number of carboxylic acid groups (broad SMARTS) is 1. The number of hydrogen-bond donors (Lipinski definition) is 3. The van der Waals surface area contributed by atoms with Crippen molar-refractivity contribution >= 4 is 34.1 Å². The lowest BCUT2D eigenvalue weighted by molar-refractivity contribution is 0.0690. The van der Waals surface area contributed by atoms with Crippen LogP contribution in [0.5, 0.6) is 0 Å². The van der Waals surface area contributed by atoms with Gasteiger partial charge in [0, 0.05) is 28.4 Å². The summed E-state index contributed by atoms with van der Waals surface area (Å²) in [5, 5.41) is 11.2. The zero-order valence-corrected chi connectivity index (χ0v) is 15.1. The summed E-state index contributed by atoms with van der Waals surface area (Å²) in [4.78, 5) is 33.1. The summed E-state index contributed by atoms with van der Waals surface area (Å²) in [7, 11) is 0. The predicted octanol–water partition coefficient (Wildman–Crippen LogP) is 4.41. The van der Waals surface area contributed by atoms with E-state index in [-0.39, 0.29) is 5.69 Å². The number of nitrogens with one attached hydrogen (secondary N) is 2. The van der Waals surface area contributed by atoms with Gasteiger partial charge in [0.2, 0.25) is 0 Å². The predicted molar refractivity (Wildman–Crippen MR) is 107 cm³/mol. The molecular weight excluding hydrogens is 370 g/mol. The van der Waals surface area contributed by atoms with Crippen molar-refractivity contribution in [2.24, 2.45) is 0 Å². The Labute approximate surface area is 164 Å². The molecule has 4 aromatic heterocycles. The van der Waals surface area contributed by atoms with Crippen LogP contribution in [0.15, 0.2) is 59.0 Å². The summed E-state index contributed by atoms with van der Waals surface area (Å²) in [6, 6.07) is 16.4. The molecule has 0 aliphatic rings. The Hall–Kier alpha value is -4.13. The molecule has 0 radical (unpaired) electrons. The number of H-pyrrole nitrogens is 2. The van der Waals surface area contributed by atoms with Crippen molar-refractivity contribution in [2.45, 2.75) is 6.42 Å². The molecule has 0 saturated carbocycles. The fourth-order valence-corrected chi connectivity index (χ4v) is 3.55. The molecule has 0 amide bonds. The largest absolute Gasteiger partial charge is 0.477 e. The van der Waals surface area contributed by atoms with Gasteiger partial charge in [-0.2, -0.15) is 0 Å². The number of furan rings is 1. The molecule has 5 rings (SSSR count). The Bertz CT molecular complexity index is 1390. The van der Waals surface area contributed by atoms with Gasteiger partial charge in [-0.05, 0) is 36.4 Å². The van der Waals surface area contributed by atoms with E-state index in [0.717, 1.165) is 33.8 Å². The molecule has 1 aromatic carbocycles. The van der Waals surface area contributed by atoms with Crippen molar-refractivity contribution in [1.29, 1.82) is 0 Å². The van der Waals surface area contributed by atoms with Gasteiger partial charge in [0.05, 0.1) is 11.2 Å². The second-order valence-corrected chi connectivity index (χ2v) is 6.75. The summed E-state index contributed by atoms with van der Waals surface area (Å²) < 4.78 is 5.97. The van der Waals surface area contributed by atoms with Crippen molar-refractivity contribution in [3.8, 4) is 11.5 Å². The first-order chi connectivity index (χ1) is 14.1. The van der Waals surface area contributed by atoms with Gasteiger partial charge in [-0.3, -0.25) is 4.79 Å². The standard InChI is InChI=1S/C22H15N3O4/c26-11-13-6-5-12(23-13)9-14-7-8-19(29-14)21-20-16(10-18(25-21)22(27)28)15-3-1-2-4-17(15)24-20/h1-8,10-11,23-24H,9H2,(H,27,28). The van der Waals surface area contributed by atoms with Crippen molar-refractivity contribution in [2.75, 3.05) is 0 Å². The van der Waals surface area contributed by atoms with Gasteiger partial charge in [0.25, 0.3) is 0 Å². The maximum atomic E-state index is 11.6. The van der Waals surface area contributed by atoms with Crippen LogP contribution in [0.25, 0.3) is 33.3 Å². The number of fused-ring (bicyclic) bond motifs is 3. The van der Waals surface area contributed by atoms with E-state index in [4.69, 9.17) is 4.42 Å². The highest BCUT2D eigenvalue weighted by molar-refractivity contribution is 6.12. The third kappa shape index (κ3) is 2.89. The van der Waals surface area contributed by atoms with Crippen molar-refractivity contribution in [1.82, 2.24) is 15.0 Å². The maximum Gasteiger partial charge on any atom is 0.354 e. The lowest BCUT2D eigenvalue weighted by Crippen LogP contribution is -2.01. The van der Waals surface area contributed by atoms with Crippen LogP contribution in [0.1, 0.15) is 32.4 Å². The monoisotopic (exact) mass is 385 g/mol. The molecule has 7 heteroatoms. The first kappa shape index (κ1) is 17.0. The summed E-state index contributed by atoms with van der Waals surface area (Å²) in [6.45, 7) is 0. The number of benzene rings is 1. The van der Waals surface area contributed by atoms with Gasteiger partial charge in [-0.15, -0.1) is 0 Å². The number of nitrogens with zero attached hydrogens (tertiary/aromatic N) is 1. The molecule has 0 aliphatic heterocycles. The summed E-state index contributed by atoms with van der Waals surface area (Å²) in [5.74, 6) is 0.0471. The van der Waals surface area contributed by atoms with E-state index in [0.29, 0.717) is 29.3 Å². The van der Waals surface area contributed by atoms with Crippen LogP contribution >= 0.6 is 0 Å². The second-order valence-electron chi connectivity index (χ2n) is 6.75. The lowest BCUT2D eigenvalue weighted by Gasteiger charge is -2.03. The molecule has 0 atom stereocenters. The van der Waals surface area contributed by atoms with Crippen molar-refractivity contribution < 1.29 is 19.1 Å². The minimum atomic E-state index is -1.10. The fourth-order valence-electron chi connectivity index (χ4n) is 3.55. The molecule has 29 heavy (non-hydrogen) atoms. The highest BCUT2D eigenvalue weighted by Crippen LogP contribution is 2.33. The number of hydrogen-bond acceptors (Lipinski definition) is 4. The second kappa shape index (κ2) is 6.49. The molecule has 0 fully saturated rings. The number of carbonyl (C=O) groups excluding carboxylic acids is 1. The van der Waals surface area contributed by atoms with E-state index in [1.807, 2.05) is 36.4 Å². The zero-order chi connectivity index (χ0) is 20.0. The third-order valence-electron chi connectivity index (χ3n) is 4.87. The van der Waals surface area contributed by atoms with Crippen LogP contribution in [0.4, 0.5) is 0 Å². The van der Waals surface area contributed by atoms with Gasteiger partial charge in [-0.25, -0.2) is 9.78 Å². The maximum absolute atomic E-state index is 11.6. The van der Waals surface area contributed by atoms with Crippen LogP contribution in [0, 0.1) is 0 Å². The Morgan fingerprint density at radius 3 is 2.72 bits per heavy atom.